The largest absolute Gasteiger partial charge is 0.455 e. The van der Waals surface area contributed by atoms with Crippen molar-refractivity contribution >= 4 is 27.6 Å². The van der Waals surface area contributed by atoms with Gasteiger partial charge in [-0.05, 0) is 75.4 Å². The fourth-order valence-electron chi connectivity index (χ4n) is 3.15. The zero-order chi connectivity index (χ0) is 22.6. The predicted octanol–water partition coefficient (Wildman–Crippen LogP) is 3.00. The number of hydrogen-bond donors (Lipinski definition) is 2. The van der Waals surface area contributed by atoms with Gasteiger partial charge < -0.3 is 10.1 Å². The number of aryl methyl sites for hydroxylation is 4. The number of benzene rings is 2. The maximum Gasteiger partial charge on any atom is 0.321 e. The highest BCUT2D eigenvalue weighted by Crippen LogP contribution is 2.25. The summed E-state index contributed by atoms with van der Waals surface area (Å²) in [6.07, 6.45) is 0. The summed E-state index contributed by atoms with van der Waals surface area (Å²) in [5.41, 5.74) is 5.55. The minimum Gasteiger partial charge on any atom is -0.455 e. The van der Waals surface area contributed by atoms with Gasteiger partial charge in [-0.25, -0.2) is 8.42 Å². The van der Waals surface area contributed by atoms with Crippen LogP contribution < -0.4 is 10.0 Å². The third kappa shape index (κ3) is 5.67. The fraction of sp³-hybridized carbons (Fsp3) is 0.364. The van der Waals surface area contributed by atoms with Gasteiger partial charge in [-0.2, -0.15) is 4.72 Å². The van der Waals surface area contributed by atoms with Crippen LogP contribution in [0.1, 0.15) is 33.4 Å². The van der Waals surface area contributed by atoms with Gasteiger partial charge in [0.15, 0.2) is 6.61 Å². The van der Waals surface area contributed by atoms with E-state index in [0.29, 0.717) is 16.8 Å². The van der Waals surface area contributed by atoms with Crippen LogP contribution in [-0.2, 0) is 24.3 Å². The number of sulfonamides is 1. The molecule has 2 rings (SSSR count). The fourth-order valence-corrected chi connectivity index (χ4v) is 4.73. The zero-order valence-electron chi connectivity index (χ0n) is 18.2. The number of amides is 1. The number of carbonyl (C=O) groups excluding carboxylic acids is 2. The third-order valence-electron chi connectivity index (χ3n) is 4.99. The Labute approximate surface area is 177 Å². The lowest BCUT2D eigenvalue weighted by molar-refractivity contribution is -0.146. The lowest BCUT2D eigenvalue weighted by Gasteiger charge is -2.16. The van der Waals surface area contributed by atoms with Crippen molar-refractivity contribution in [2.45, 2.75) is 46.4 Å². The first-order chi connectivity index (χ1) is 13.9. The summed E-state index contributed by atoms with van der Waals surface area (Å²) in [5.74, 6) is -1.34. The summed E-state index contributed by atoms with van der Waals surface area (Å²) in [4.78, 5) is 24.1. The number of hydrogen-bond acceptors (Lipinski definition) is 5. The topological polar surface area (TPSA) is 102 Å². The van der Waals surface area contributed by atoms with Crippen LogP contribution in [0.2, 0.25) is 0 Å². The van der Waals surface area contributed by atoms with E-state index in [9.17, 15) is 18.0 Å². The highest BCUT2D eigenvalue weighted by Gasteiger charge is 2.23. The Morgan fingerprint density at radius 3 is 2.07 bits per heavy atom. The minimum atomic E-state index is -3.91. The summed E-state index contributed by atoms with van der Waals surface area (Å²) >= 11 is 0. The lowest BCUT2D eigenvalue weighted by Crippen LogP contribution is -2.33. The molecule has 0 aliphatic heterocycles. The molecule has 2 aromatic rings. The first kappa shape index (κ1) is 23.6. The summed E-state index contributed by atoms with van der Waals surface area (Å²) < 4.78 is 32.6. The average Bonchev–Trinajstić information content (AvgIpc) is 2.65. The van der Waals surface area contributed by atoms with Crippen molar-refractivity contribution in [2.24, 2.45) is 0 Å². The van der Waals surface area contributed by atoms with E-state index in [4.69, 9.17) is 4.74 Å². The Balaban J connectivity index is 1.95. The summed E-state index contributed by atoms with van der Waals surface area (Å²) in [5, 5.41) is 2.66. The SMILES string of the molecule is Cc1ccc(NC(=O)COC(=O)CNS(=O)(=O)c2c(C)c(C)cc(C)c2C)c(C)c1. The van der Waals surface area contributed by atoms with Crippen molar-refractivity contribution in [3.05, 3.63) is 57.6 Å². The number of esters is 1. The molecule has 0 aromatic heterocycles. The van der Waals surface area contributed by atoms with Crippen molar-refractivity contribution in [1.29, 1.82) is 0 Å². The van der Waals surface area contributed by atoms with E-state index in [0.717, 1.165) is 22.3 Å². The Morgan fingerprint density at radius 2 is 1.50 bits per heavy atom. The first-order valence-electron chi connectivity index (χ1n) is 9.52. The van der Waals surface area contributed by atoms with Gasteiger partial charge in [0.1, 0.15) is 6.54 Å². The smallest absolute Gasteiger partial charge is 0.321 e. The van der Waals surface area contributed by atoms with Gasteiger partial charge in [-0.15, -0.1) is 0 Å². The number of carbonyl (C=O) groups is 2. The Hall–Kier alpha value is -2.71. The number of rotatable bonds is 7. The Morgan fingerprint density at radius 1 is 0.900 bits per heavy atom. The molecule has 0 fully saturated rings. The molecule has 2 aromatic carbocycles. The van der Waals surface area contributed by atoms with E-state index in [1.54, 1.807) is 19.9 Å². The first-order valence-corrected chi connectivity index (χ1v) is 11.0. The second-order valence-electron chi connectivity index (χ2n) is 7.44. The highest BCUT2D eigenvalue weighted by atomic mass is 32.2. The van der Waals surface area contributed by atoms with Crippen molar-refractivity contribution < 1.29 is 22.7 Å². The van der Waals surface area contributed by atoms with Gasteiger partial charge in [-0.1, -0.05) is 23.8 Å². The summed E-state index contributed by atoms with van der Waals surface area (Å²) in [6.45, 7) is 9.87. The van der Waals surface area contributed by atoms with Gasteiger partial charge >= 0.3 is 5.97 Å². The highest BCUT2D eigenvalue weighted by molar-refractivity contribution is 7.89. The predicted molar refractivity (Wildman–Crippen MR) is 116 cm³/mol. The third-order valence-corrected chi connectivity index (χ3v) is 6.67. The van der Waals surface area contributed by atoms with Gasteiger partial charge in [0, 0.05) is 5.69 Å². The van der Waals surface area contributed by atoms with Crippen molar-refractivity contribution in [3.8, 4) is 0 Å². The van der Waals surface area contributed by atoms with E-state index in [2.05, 4.69) is 10.0 Å². The minimum absolute atomic E-state index is 0.167. The van der Waals surface area contributed by atoms with Crippen LogP contribution in [0.3, 0.4) is 0 Å². The average molecular weight is 433 g/mol. The van der Waals surface area contributed by atoms with Crippen molar-refractivity contribution in [1.82, 2.24) is 4.72 Å². The maximum absolute atomic E-state index is 12.7. The molecule has 162 valence electrons. The van der Waals surface area contributed by atoms with Crippen LogP contribution in [0.5, 0.6) is 0 Å². The van der Waals surface area contributed by atoms with Crippen LogP contribution in [0.25, 0.3) is 0 Å². The normalized spacial score (nSPS) is 11.3. The molecule has 2 N–H and O–H groups in total. The summed E-state index contributed by atoms with van der Waals surface area (Å²) in [6, 6.07) is 7.48. The van der Waals surface area contributed by atoms with E-state index >= 15 is 0 Å². The molecule has 7 nitrogen and oxygen atoms in total. The lowest BCUT2D eigenvalue weighted by atomic mass is 10.0. The second-order valence-corrected chi connectivity index (χ2v) is 9.15. The number of ether oxygens (including phenoxy) is 1. The molecule has 0 spiro atoms. The number of anilines is 1. The monoisotopic (exact) mass is 432 g/mol. The van der Waals surface area contributed by atoms with E-state index in [1.807, 2.05) is 45.9 Å². The molecule has 0 saturated heterocycles. The number of nitrogens with one attached hydrogen (secondary N) is 2. The quantitative estimate of drug-likeness (QED) is 0.655. The molecular formula is C22H28N2O5S. The molecule has 0 saturated carbocycles. The van der Waals surface area contributed by atoms with E-state index in [1.165, 1.54) is 0 Å². The molecule has 0 aliphatic carbocycles. The maximum atomic E-state index is 12.7. The van der Waals surface area contributed by atoms with E-state index < -0.39 is 35.1 Å². The van der Waals surface area contributed by atoms with Gasteiger partial charge in [0.05, 0.1) is 4.90 Å². The van der Waals surface area contributed by atoms with Crippen molar-refractivity contribution in [2.75, 3.05) is 18.5 Å². The van der Waals surface area contributed by atoms with Crippen LogP contribution in [0.4, 0.5) is 5.69 Å². The molecule has 0 heterocycles. The van der Waals surface area contributed by atoms with Crippen LogP contribution in [0.15, 0.2) is 29.2 Å². The standard InChI is InChI=1S/C22H28N2O5S/c1-13-7-8-19(16(4)9-13)24-20(25)12-29-21(26)11-23-30(27,28)22-17(5)14(2)10-15(3)18(22)6/h7-10,23H,11-12H2,1-6H3,(H,24,25). The molecule has 0 unspecified atom stereocenters. The van der Waals surface area contributed by atoms with E-state index in [-0.39, 0.29) is 4.90 Å². The van der Waals surface area contributed by atoms with Crippen LogP contribution in [0, 0.1) is 41.5 Å². The van der Waals surface area contributed by atoms with Gasteiger partial charge in [0.2, 0.25) is 10.0 Å². The molecule has 0 bridgehead atoms. The van der Waals surface area contributed by atoms with Gasteiger partial charge in [-0.3, -0.25) is 9.59 Å². The molecule has 0 atom stereocenters. The molecule has 0 radical (unpaired) electrons. The van der Waals surface area contributed by atoms with Crippen LogP contribution >= 0.6 is 0 Å². The van der Waals surface area contributed by atoms with Gasteiger partial charge in [0.25, 0.3) is 5.91 Å². The Kier molecular flexibility index (Phi) is 7.39. The molecule has 0 aliphatic rings. The Bertz CT molecular complexity index is 1060. The molecular weight excluding hydrogens is 404 g/mol. The molecule has 1 amide bonds. The van der Waals surface area contributed by atoms with Crippen LogP contribution in [-0.4, -0.2) is 33.4 Å². The molecule has 30 heavy (non-hydrogen) atoms. The summed E-state index contributed by atoms with van der Waals surface area (Å²) in [7, 11) is -3.91. The molecule has 8 heteroatoms. The zero-order valence-corrected chi connectivity index (χ0v) is 19.0. The second kappa shape index (κ2) is 9.40. The van der Waals surface area contributed by atoms with Crippen molar-refractivity contribution in [3.63, 3.8) is 0 Å².